The van der Waals surface area contributed by atoms with Crippen molar-refractivity contribution in [1.82, 2.24) is 5.32 Å². The van der Waals surface area contributed by atoms with Gasteiger partial charge in [-0.2, -0.15) is 0 Å². The zero-order valence-electron chi connectivity index (χ0n) is 13.7. The van der Waals surface area contributed by atoms with Crippen LogP contribution in [0.5, 0.6) is 5.75 Å². The standard InChI is InChI=1S/C17H20N2O4S/c1-12(13-8-10-14(23-2)11-9-13)18-17(20)15-6-4-5-7-16(15)19-24(3,21)22/h4-12,19H,1-3H3,(H,18,20)/t12-/m0/s1. The van der Waals surface area contributed by atoms with E-state index in [0.717, 1.165) is 17.6 Å². The van der Waals surface area contributed by atoms with E-state index >= 15 is 0 Å². The quantitative estimate of drug-likeness (QED) is 0.840. The molecule has 0 aromatic heterocycles. The molecule has 0 radical (unpaired) electrons. The molecule has 2 rings (SSSR count). The highest BCUT2D eigenvalue weighted by atomic mass is 32.2. The topological polar surface area (TPSA) is 84.5 Å². The van der Waals surface area contributed by atoms with Crippen LogP contribution < -0.4 is 14.8 Å². The Morgan fingerprint density at radius 3 is 2.29 bits per heavy atom. The molecular weight excluding hydrogens is 328 g/mol. The molecule has 2 N–H and O–H groups in total. The molecule has 0 aliphatic carbocycles. The Morgan fingerprint density at radius 1 is 1.08 bits per heavy atom. The first kappa shape index (κ1) is 17.8. The highest BCUT2D eigenvalue weighted by molar-refractivity contribution is 7.92. The lowest BCUT2D eigenvalue weighted by Gasteiger charge is -2.16. The van der Waals surface area contributed by atoms with Crippen LogP contribution in [0.3, 0.4) is 0 Å². The van der Waals surface area contributed by atoms with Crippen molar-refractivity contribution in [3.8, 4) is 5.75 Å². The Kier molecular flexibility index (Phi) is 5.46. The van der Waals surface area contributed by atoms with E-state index in [2.05, 4.69) is 10.0 Å². The monoisotopic (exact) mass is 348 g/mol. The van der Waals surface area contributed by atoms with E-state index in [-0.39, 0.29) is 23.2 Å². The van der Waals surface area contributed by atoms with Crippen molar-refractivity contribution in [3.05, 3.63) is 59.7 Å². The van der Waals surface area contributed by atoms with Crippen LogP contribution in [0.4, 0.5) is 5.69 Å². The van der Waals surface area contributed by atoms with E-state index < -0.39 is 10.0 Å². The number of carbonyl (C=O) groups is 1. The third kappa shape index (κ3) is 4.73. The summed E-state index contributed by atoms with van der Waals surface area (Å²) >= 11 is 0. The van der Waals surface area contributed by atoms with Crippen molar-refractivity contribution in [2.45, 2.75) is 13.0 Å². The van der Waals surface area contributed by atoms with E-state index in [4.69, 9.17) is 4.74 Å². The Balaban J connectivity index is 2.17. The van der Waals surface area contributed by atoms with E-state index in [9.17, 15) is 13.2 Å². The summed E-state index contributed by atoms with van der Waals surface area (Å²) < 4.78 is 30.3. The predicted molar refractivity (Wildman–Crippen MR) is 93.8 cm³/mol. The first-order valence-electron chi connectivity index (χ1n) is 7.32. The molecule has 0 saturated heterocycles. The number of anilines is 1. The summed E-state index contributed by atoms with van der Waals surface area (Å²) in [6.07, 6.45) is 1.04. The summed E-state index contributed by atoms with van der Waals surface area (Å²) in [4.78, 5) is 12.5. The molecule has 1 atom stereocenters. The fraction of sp³-hybridized carbons (Fsp3) is 0.235. The molecule has 2 aromatic carbocycles. The number of sulfonamides is 1. The van der Waals surface area contributed by atoms with E-state index in [1.54, 1.807) is 31.4 Å². The molecule has 0 heterocycles. The minimum atomic E-state index is -3.47. The number of para-hydroxylation sites is 1. The minimum absolute atomic E-state index is 0.241. The first-order chi connectivity index (χ1) is 11.3. The van der Waals surface area contributed by atoms with Crippen molar-refractivity contribution < 1.29 is 17.9 Å². The number of carbonyl (C=O) groups excluding carboxylic acids is 1. The second-order valence-electron chi connectivity index (χ2n) is 5.39. The molecule has 0 unspecified atom stereocenters. The molecule has 0 fully saturated rings. The average Bonchev–Trinajstić information content (AvgIpc) is 2.53. The maximum atomic E-state index is 12.5. The third-order valence-corrected chi connectivity index (χ3v) is 4.02. The molecule has 128 valence electrons. The van der Waals surface area contributed by atoms with Gasteiger partial charge in [-0.05, 0) is 36.8 Å². The molecule has 24 heavy (non-hydrogen) atoms. The number of ether oxygens (including phenoxy) is 1. The van der Waals surface area contributed by atoms with Crippen LogP contribution in [0.15, 0.2) is 48.5 Å². The second kappa shape index (κ2) is 7.35. The van der Waals surface area contributed by atoms with Crippen molar-refractivity contribution in [2.75, 3.05) is 18.1 Å². The number of rotatable bonds is 6. The normalized spacial score (nSPS) is 12.3. The Bertz CT molecular complexity index is 817. The van der Waals surface area contributed by atoms with Gasteiger partial charge in [0.1, 0.15) is 5.75 Å². The van der Waals surface area contributed by atoms with Crippen LogP contribution in [0.25, 0.3) is 0 Å². The average molecular weight is 348 g/mol. The van der Waals surface area contributed by atoms with Crippen LogP contribution >= 0.6 is 0 Å². The number of methoxy groups -OCH3 is 1. The second-order valence-corrected chi connectivity index (χ2v) is 7.14. The smallest absolute Gasteiger partial charge is 0.253 e. The molecule has 2 aromatic rings. The number of benzene rings is 2. The van der Waals surface area contributed by atoms with Gasteiger partial charge in [-0.25, -0.2) is 8.42 Å². The zero-order chi connectivity index (χ0) is 17.7. The van der Waals surface area contributed by atoms with E-state index in [0.29, 0.717) is 0 Å². The highest BCUT2D eigenvalue weighted by Crippen LogP contribution is 2.20. The molecule has 0 bridgehead atoms. The summed E-state index contributed by atoms with van der Waals surface area (Å²) in [5, 5.41) is 2.86. The molecule has 0 aliphatic heterocycles. The van der Waals surface area contributed by atoms with Crippen LogP contribution in [-0.2, 0) is 10.0 Å². The minimum Gasteiger partial charge on any atom is -0.497 e. The molecule has 0 aliphatic rings. The van der Waals surface area contributed by atoms with Gasteiger partial charge in [-0.15, -0.1) is 0 Å². The van der Waals surface area contributed by atoms with Gasteiger partial charge in [0.2, 0.25) is 10.0 Å². The lowest BCUT2D eigenvalue weighted by atomic mass is 10.1. The Labute approximate surface area is 141 Å². The SMILES string of the molecule is COc1ccc([C@H](C)NC(=O)c2ccccc2NS(C)(=O)=O)cc1. The molecule has 6 nitrogen and oxygen atoms in total. The predicted octanol–water partition coefficient (Wildman–Crippen LogP) is 2.56. The number of hydrogen-bond donors (Lipinski definition) is 2. The highest BCUT2D eigenvalue weighted by Gasteiger charge is 2.16. The largest absolute Gasteiger partial charge is 0.497 e. The molecule has 0 saturated carbocycles. The zero-order valence-corrected chi connectivity index (χ0v) is 14.6. The maximum absolute atomic E-state index is 12.5. The first-order valence-corrected chi connectivity index (χ1v) is 9.21. The molecule has 7 heteroatoms. The number of amides is 1. The van der Waals surface area contributed by atoms with Crippen molar-refractivity contribution in [3.63, 3.8) is 0 Å². The molecule has 1 amide bonds. The number of hydrogen-bond acceptors (Lipinski definition) is 4. The lowest BCUT2D eigenvalue weighted by Crippen LogP contribution is -2.27. The van der Waals surface area contributed by atoms with E-state index in [1.165, 1.54) is 0 Å². The third-order valence-electron chi connectivity index (χ3n) is 3.43. The summed E-state index contributed by atoms with van der Waals surface area (Å²) in [5.41, 5.74) is 1.43. The van der Waals surface area contributed by atoms with E-state index in [1.807, 2.05) is 31.2 Å². The van der Waals surface area contributed by atoms with Crippen LogP contribution in [0.2, 0.25) is 0 Å². The lowest BCUT2D eigenvalue weighted by molar-refractivity contribution is 0.0941. The maximum Gasteiger partial charge on any atom is 0.253 e. The van der Waals surface area contributed by atoms with Crippen LogP contribution in [0.1, 0.15) is 28.9 Å². The van der Waals surface area contributed by atoms with Crippen LogP contribution in [0, 0.1) is 0 Å². The van der Waals surface area contributed by atoms with Gasteiger partial charge >= 0.3 is 0 Å². The van der Waals surface area contributed by atoms with Crippen molar-refractivity contribution in [2.24, 2.45) is 0 Å². The van der Waals surface area contributed by atoms with Crippen LogP contribution in [-0.4, -0.2) is 27.7 Å². The fourth-order valence-electron chi connectivity index (χ4n) is 2.22. The van der Waals surface area contributed by atoms with Crippen molar-refractivity contribution in [1.29, 1.82) is 0 Å². The van der Waals surface area contributed by atoms with Gasteiger partial charge in [0.15, 0.2) is 0 Å². The van der Waals surface area contributed by atoms with Gasteiger partial charge < -0.3 is 10.1 Å². The summed E-state index contributed by atoms with van der Waals surface area (Å²) in [5.74, 6) is 0.380. The van der Waals surface area contributed by atoms with Gasteiger partial charge in [0, 0.05) is 0 Å². The summed E-state index contributed by atoms with van der Waals surface area (Å²) in [6.45, 7) is 1.85. The Morgan fingerprint density at radius 2 is 1.71 bits per heavy atom. The van der Waals surface area contributed by atoms with Gasteiger partial charge in [0.05, 0.1) is 30.7 Å². The molecule has 0 spiro atoms. The van der Waals surface area contributed by atoms with Crippen molar-refractivity contribution >= 4 is 21.6 Å². The molecular formula is C17H20N2O4S. The fourth-order valence-corrected chi connectivity index (χ4v) is 2.80. The Hall–Kier alpha value is -2.54. The van der Waals surface area contributed by atoms with Gasteiger partial charge in [-0.1, -0.05) is 24.3 Å². The summed E-state index contributed by atoms with van der Waals surface area (Å²) in [7, 11) is -1.88. The van der Waals surface area contributed by atoms with Gasteiger partial charge in [0.25, 0.3) is 5.91 Å². The number of nitrogens with one attached hydrogen (secondary N) is 2. The van der Waals surface area contributed by atoms with Gasteiger partial charge in [-0.3, -0.25) is 9.52 Å². The summed E-state index contributed by atoms with van der Waals surface area (Å²) in [6, 6.07) is 13.6.